The van der Waals surface area contributed by atoms with Crippen LogP contribution in [0.2, 0.25) is 0 Å². The van der Waals surface area contributed by atoms with Gasteiger partial charge in [-0.1, -0.05) is 60.7 Å². The first-order valence-electron chi connectivity index (χ1n) is 7.68. The molecule has 0 unspecified atom stereocenters. The van der Waals surface area contributed by atoms with Crippen LogP contribution in [-0.2, 0) is 0 Å². The Morgan fingerprint density at radius 2 is 1.17 bits per heavy atom. The third-order valence-electron chi connectivity index (χ3n) is 3.89. The summed E-state index contributed by atoms with van der Waals surface area (Å²) in [7, 11) is 0. The average Bonchev–Trinajstić information content (AvgIpc) is 2.68. The maximum Gasteiger partial charge on any atom is 0.0992 e. The summed E-state index contributed by atoms with van der Waals surface area (Å²) < 4.78 is 0. The van der Waals surface area contributed by atoms with Gasteiger partial charge in [0.2, 0.25) is 0 Å². The molecule has 4 aromatic rings. The third kappa shape index (κ3) is 2.51. The lowest BCUT2D eigenvalue weighted by Gasteiger charge is -2.10. The average molecular weight is 307 g/mol. The molecule has 4 rings (SSSR count). The van der Waals surface area contributed by atoms with Gasteiger partial charge in [-0.25, -0.2) is 9.97 Å². The molecule has 0 aliphatic carbocycles. The predicted octanol–water partition coefficient (Wildman–Crippen LogP) is 4.84. The Morgan fingerprint density at radius 1 is 0.625 bits per heavy atom. The van der Waals surface area contributed by atoms with E-state index in [1.165, 1.54) is 0 Å². The maximum absolute atomic E-state index is 9.12. The van der Waals surface area contributed by atoms with Crippen molar-refractivity contribution in [3.8, 4) is 28.6 Å². The molecule has 0 spiro atoms. The van der Waals surface area contributed by atoms with Crippen molar-refractivity contribution in [2.75, 3.05) is 0 Å². The molecule has 3 heteroatoms. The summed E-state index contributed by atoms with van der Waals surface area (Å²) in [5.41, 5.74) is 5.80. The fourth-order valence-corrected chi connectivity index (χ4v) is 2.72. The largest absolute Gasteiger partial charge is 0.244 e. The van der Waals surface area contributed by atoms with Crippen molar-refractivity contribution in [2.45, 2.75) is 0 Å². The topological polar surface area (TPSA) is 49.6 Å². The number of hydrogen-bond donors (Lipinski definition) is 0. The van der Waals surface area contributed by atoms with E-state index >= 15 is 0 Å². The summed E-state index contributed by atoms with van der Waals surface area (Å²) in [6.07, 6.45) is 0. The molecule has 0 fully saturated rings. The van der Waals surface area contributed by atoms with E-state index in [0.29, 0.717) is 5.56 Å². The Hall–Kier alpha value is -3.51. The van der Waals surface area contributed by atoms with Crippen molar-refractivity contribution in [2.24, 2.45) is 0 Å². The van der Waals surface area contributed by atoms with Crippen LogP contribution in [0.15, 0.2) is 78.9 Å². The minimum Gasteiger partial charge on any atom is -0.244 e. The molecule has 112 valence electrons. The molecule has 0 saturated heterocycles. The highest BCUT2D eigenvalue weighted by Gasteiger charge is 2.13. The molecule has 1 heterocycles. The Labute approximate surface area is 139 Å². The lowest BCUT2D eigenvalue weighted by atomic mass is 10.0. The van der Waals surface area contributed by atoms with Crippen molar-refractivity contribution in [1.82, 2.24) is 9.97 Å². The van der Waals surface area contributed by atoms with Crippen LogP contribution in [0.4, 0.5) is 0 Å². The molecule has 0 aliphatic heterocycles. The fourth-order valence-electron chi connectivity index (χ4n) is 2.72. The Morgan fingerprint density at radius 3 is 1.71 bits per heavy atom. The van der Waals surface area contributed by atoms with Gasteiger partial charge >= 0.3 is 0 Å². The number of benzene rings is 3. The normalized spacial score (nSPS) is 10.5. The Balaban J connectivity index is 2.04. The van der Waals surface area contributed by atoms with Crippen molar-refractivity contribution in [3.63, 3.8) is 0 Å². The van der Waals surface area contributed by atoms with Gasteiger partial charge in [0.25, 0.3) is 0 Å². The molecule has 24 heavy (non-hydrogen) atoms. The van der Waals surface area contributed by atoms with Crippen molar-refractivity contribution >= 4 is 11.0 Å². The van der Waals surface area contributed by atoms with Gasteiger partial charge in [0.1, 0.15) is 0 Å². The van der Waals surface area contributed by atoms with E-state index in [2.05, 4.69) is 6.07 Å². The summed E-state index contributed by atoms with van der Waals surface area (Å²) in [6.45, 7) is 0. The second-order valence-electron chi connectivity index (χ2n) is 5.47. The number of rotatable bonds is 2. The number of nitrogens with zero attached hydrogens (tertiary/aromatic N) is 3. The first-order chi connectivity index (χ1) is 11.8. The van der Waals surface area contributed by atoms with Gasteiger partial charge in [0.05, 0.1) is 34.1 Å². The third-order valence-corrected chi connectivity index (χ3v) is 3.89. The highest BCUT2D eigenvalue weighted by atomic mass is 14.8. The first kappa shape index (κ1) is 14.1. The molecule has 0 bridgehead atoms. The molecule has 1 aromatic heterocycles. The van der Waals surface area contributed by atoms with Crippen LogP contribution in [0.5, 0.6) is 0 Å². The molecular formula is C21H13N3. The molecule has 0 saturated carbocycles. The Kier molecular flexibility index (Phi) is 3.49. The molecule has 3 nitrogen and oxygen atoms in total. The van der Waals surface area contributed by atoms with E-state index < -0.39 is 0 Å². The molecule has 0 N–H and O–H groups in total. The predicted molar refractivity (Wildman–Crippen MR) is 95.1 cm³/mol. The van der Waals surface area contributed by atoms with Crippen LogP contribution >= 0.6 is 0 Å². The van der Waals surface area contributed by atoms with Crippen molar-refractivity contribution in [3.05, 3.63) is 84.4 Å². The quantitative estimate of drug-likeness (QED) is 0.532. The van der Waals surface area contributed by atoms with Gasteiger partial charge in [-0.05, 0) is 18.2 Å². The van der Waals surface area contributed by atoms with E-state index in [1.54, 1.807) is 12.1 Å². The van der Waals surface area contributed by atoms with Crippen LogP contribution in [0.1, 0.15) is 5.56 Å². The highest BCUT2D eigenvalue weighted by molar-refractivity contribution is 5.86. The van der Waals surface area contributed by atoms with E-state index in [4.69, 9.17) is 15.2 Å². The zero-order chi connectivity index (χ0) is 16.4. The second-order valence-corrected chi connectivity index (χ2v) is 5.47. The Bertz CT molecular complexity index is 1050. The SMILES string of the molecule is N#Cc1ccc2nc(-c3ccccc3)c(-c3ccccc3)nc2c1. The fraction of sp³-hybridized carbons (Fsp3) is 0. The number of fused-ring (bicyclic) bond motifs is 1. The van der Waals surface area contributed by atoms with Crippen molar-refractivity contribution in [1.29, 1.82) is 5.26 Å². The van der Waals surface area contributed by atoms with E-state index in [1.807, 2.05) is 66.7 Å². The van der Waals surface area contributed by atoms with Gasteiger partial charge in [-0.2, -0.15) is 5.26 Å². The van der Waals surface area contributed by atoms with Gasteiger partial charge in [0, 0.05) is 11.1 Å². The minimum absolute atomic E-state index is 0.586. The first-order valence-corrected chi connectivity index (χ1v) is 7.68. The summed E-state index contributed by atoms with van der Waals surface area (Å²) in [4.78, 5) is 9.64. The summed E-state index contributed by atoms with van der Waals surface area (Å²) in [5, 5.41) is 9.12. The zero-order valence-electron chi connectivity index (χ0n) is 12.8. The molecule has 3 aromatic carbocycles. The van der Waals surface area contributed by atoms with E-state index in [0.717, 1.165) is 33.5 Å². The van der Waals surface area contributed by atoms with Crippen LogP contribution in [0, 0.1) is 11.3 Å². The molecule has 0 aliphatic rings. The molecule has 0 atom stereocenters. The number of hydrogen-bond acceptors (Lipinski definition) is 3. The van der Waals surface area contributed by atoms with E-state index in [-0.39, 0.29) is 0 Å². The lowest BCUT2D eigenvalue weighted by molar-refractivity contribution is 1.29. The number of nitriles is 1. The van der Waals surface area contributed by atoms with Crippen molar-refractivity contribution < 1.29 is 0 Å². The highest BCUT2D eigenvalue weighted by Crippen LogP contribution is 2.30. The van der Waals surface area contributed by atoms with Gasteiger partial charge < -0.3 is 0 Å². The van der Waals surface area contributed by atoms with Gasteiger partial charge in [-0.15, -0.1) is 0 Å². The van der Waals surface area contributed by atoms with E-state index in [9.17, 15) is 0 Å². The zero-order valence-corrected chi connectivity index (χ0v) is 12.8. The smallest absolute Gasteiger partial charge is 0.0992 e. The monoisotopic (exact) mass is 307 g/mol. The maximum atomic E-state index is 9.12. The summed E-state index contributed by atoms with van der Waals surface area (Å²) in [6, 6.07) is 27.6. The van der Waals surface area contributed by atoms with Crippen LogP contribution in [-0.4, -0.2) is 9.97 Å². The van der Waals surface area contributed by atoms with Crippen LogP contribution in [0.3, 0.4) is 0 Å². The molecule has 0 amide bonds. The van der Waals surface area contributed by atoms with Gasteiger partial charge in [-0.3, -0.25) is 0 Å². The second kappa shape index (κ2) is 5.94. The van der Waals surface area contributed by atoms with Crippen LogP contribution in [0.25, 0.3) is 33.5 Å². The van der Waals surface area contributed by atoms with Gasteiger partial charge in [0.15, 0.2) is 0 Å². The number of aromatic nitrogens is 2. The minimum atomic E-state index is 0.586. The summed E-state index contributed by atoms with van der Waals surface area (Å²) in [5.74, 6) is 0. The molecular weight excluding hydrogens is 294 g/mol. The summed E-state index contributed by atoms with van der Waals surface area (Å²) >= 11 is 0. The van der Waals surface area contributed by atoms with Crippen LogP contribution < -0.4 is 0 Å². The standard InChI is InChI=1S/C21H13N3/c22-14-15-11-12-18-19(13-15)24-21(17-9-5-2-6-10-17)20(23-18)16-7-3-1-4-8-16/h1-13H. The molecule has 0 radical (unpaired) electrons. The lowest BCUT2D eigenvalue weighted by Crippen LogP contribution is -1.95.